The van der Waals surface area contributed by atoms with Crippen LogP contribution in [-0.2, 0) is 4.74 Å². The molecule has 1 aliphatic rings. The predicted molar refractivity (Wildman–Crippen MR) is 63.3 cm³/mol. The molecule has 0 saturated carbocycles. The lowest BCUT2D eigenvalue weighted by Gasteiger charge is -2.38. The molecular weight excluding hydrogens is 204 g/mol. The molecule has 2 N–H and O–H groups in total. The number of rotatable bonds is 2. The van der Waals surface area contributed by atoms with Crippen molar-refractivity contribution in [2.45, 2.75) is 32.4 Å². The molecule has 1 aromatic rings. The van der Waals surface area contributed by atoms with Crippen molar-refractivity contribution in [2.75, 3.05) is 23.8 Å². The first-order valence-corrected chi connectivity index (χ1v) is 5.68. The Hall–Kier alpha value is -1.36. The summed E-state index contributed by atoms with van der Waals surface area (Å²) >= 11 is 0. The normalized spacial score (nSPS) is 25.8. The molecule has 88 valence electrons. The highest BCUT2D eigenvalue weighted by Gasteiger charge is 2.26. The van der Waals surface area contributed by atoms with Crippen LogP contribution in [0.1, 0.15) is 20.3 Å². The summed E-state index contributed by atoms with van der Waals surface area (Å²) in [6, 6.07) is 4.09. The molecule has 0 bridgehead atoms. The fourth-order valence-corrected chi connectivity index (χ4v) is 1.95. The van der Waals surface area contributed by atoms with Gasteiger partial charge in [0.25, 0.3) is 0 Å². The second-order valence-electron chi connectivity index (χ2n) is 4.17. The summed E-state index contributed by atoms with van der Waals surface area (Å²) < 4.78 is 5.64. The maximum absolute atomic E-state index is 5.64. The van der Waals surface area contributed by atoms with Gasteiger partial charge in [0.2, 0.25) is 0 Å². The number of nitrogens with two attached hydrogens (primary N) is 1. The van der Waals surface area contributed by atoms with Crippen LogP contribution in [0.4, 0.5) is 11.6 Å². The third kappa shape index (κ3) is 2.24. The molecular formula is C11H18N4O. The summed E-state index contributed by atoms with van der Waals surface area (Å²) in [7, 11) is 0. The molecule has 1 saturated heterocycles. The third-order valence-corrected chi connectivity index (χ3v) is 2.90. The number of morpholine rings is 1. The van der Waals surface area contributed by atoms with Crippen LogP contribution < -0.4 is 10.6 Å². The molecule has 2 unspecified atom stereocenters. The molecule has 0 radical (unpaired) electrons. The Morgan fingerprint density at radius 1 is 1.50 bits per heavy atom. The highest BCUT2D eigenvalue weighted by atomic mass is 16.5. The molecule has 0 aromatic carbocycles. The van der Waals surface area contributed by atoms with Gasteiger partial charge < -0.3 is 15.4 Å². The van der Waals surface area contributed by atoms with Crippen molar-refractivity contribution in [1.82, 2.24) is 10.2 Å². The minimum atomic E-state index is 0.238. The molecule has 1 aromatic heterocycles. The lowest BCUT2D eigenvalue weighted by atomic mass is 10.1. The van der Waals surface area contributed by atoms with Crippen LogP contribution in [-0.4, -0.2) is 35.5 Å². The summed E-state index contributed by atoms with van der Waals surface area (Å²) in [4.78, 5) is 2.25. The first-order valence-electron chi connectivity index (χ1n) is 5.68. The van der Waals surface area contributed by atoms with E-state index in [9.17, 15) is 0 Å². The van der Waals surface area contributed by atoms with Gasteiger partial charge in [-0.3, -0.25) is 0 Å². The highest BCUT2D eigenvalue weighted by molar-refractivity contribution is 5.43. The Kier molecular flexibility index (Phi) is 3.24. The summed E-state index contributed by atoms with van der Waals surface area (Å²) in [5, 5.41) is 8.02. The highest BCUT2D eigenvalue weighted by Crippen LogP contribution is 2.21. The lowest BCUT2D eigenvalue weighted by Crippen LogP contribution is -2.49. The van der Waals surface area contributed by atoms with E-state index in [-0.39, 0.29) is 6.10 Å². The van der Waals surface area contributed by atoms with Gasteiger partial charge >= 0.3 is 0 Å². The van der Waals surface area contributed by atoms with Crippen LogP contribution in [0.15, 0.2) is 12.1 Å². The van der Waals surface area contributed by atoms with E-state index in [4.69, 9.17) is 10.5 Å². The fraction of sp³-hybridized carbons (Fsp3) is 0.636. The van der Waals surface area contributed by atoms with Gasteiger partial charge in [-0.25, -0.2) is 0 Å². The smallest absolute Gasteiger partial charge is 0.151 e. The Morgan fingerprint density at radius 2 is 2.31 bits per heavy atom. The second kappa shape index (κ2) is 4.65. The average Bonchev–Trinajstić information content (AvgIpc) is 2.30. The Labute approximate surface area is 95.6 Å². The van der Waals surface area contributed by atoms with Crippen LogP contribution in [0.5, 0.6) is 0 Å². The molecule has 16 heavy (non-hydrogen) atoms. The fourth-order valence-electron chi connectivity index (χ4n) is 1.95. The van der Waals surface area contributed by atoms with E-state index in [1.165, 1.54) is 0 Å². The number of ether oxygens (including phenoxy) is 1. The monoisotopic (exact) mass is 222 g/mol. The number of hydrogen-bond acceptors (Lipinski definition) is 5. The van der Waals surface area contributed by atoms with Gasteiger partial charge in [0.15, 0.2) is 5.82 Å². The van der Waals surface area contributed by atoms with Crippen LogP contribution in [0.3, 0.4) is 0 Å². The summed E-state index contributed by atoms with van der Waals surface area (Å²) in [6.45, 7) is 5.84. The Balaban J connectivity index is 2.18. The van der Waals surface area contributed by atoms with E-state index in [1.807, 2.05) is 6.07 Å². The van der Waals surface area contributed by atoms with Gasteiger partial charge in [-0.05, 0) is 25.5 Å². The SMILES string of the molecule is CCC1COC(C)CN1c1ccc(N)nn1. The van der Waals surface area contributed by atoms with E-state index in [0.29, 0.717) is 11.9 Å². The van der Waals surface area contributed by atoms with Crippen molar-refractivity contribution in [3.8, 4) is 0 Å². The van der Waals surface area contributed by atoms with Gasteiger partial charge in [0.1, 0.15) is 5.82 Å². The van der Waals surface area contributed by atoms with Crippen LogP contribution in [0, 0.1) is 0 Å². The standard InChI is InChI=1S/C11H18N4O/c1-3-9-7-16-8(2)6-15(9)11-5-4-10(12)13-14-11/h4-5,8-9H,3,6-7H2,1-2H3,(H2,12,13). The quantitative estimate of drug-likeness (QED) is 0.810. The zero-order valence-corrected chi connectivity index (χ0v) is 9.76. The first kappa shape index (κ1) is 11.1. The van der Waals surface area contributed by atoms with Crippen molar-refractivity contribution >= 4 is 11.6 Å². The number of nitrogens with zero attached hydrogens (tertiary/aromatic N) is 3. The lowest BCUT2D eigenvalue weighted by molar-refractivity contribution is 0.0295. The zero-order valence-electron chi connectivity index (χ0n) is 9.76. The predicted octanol–water partition coefficient (Wildman–Crippen LogP) is 1.06. The zero-order chi connectivity index (χ0) is 11.5. The van der Waals surface area contributed by atoms with E-state index in [1.54, 1.807) is 6.07 Å². The third-order valence-electron chi connectivity index (χ3n) is 2.90. The van der Waals surface area contributed by atoms with Crippen molar-refractivity contribution in [3.63, 3.8) is 0 Å². The van der Waals surface area contributed by atoms with Gasteiger partial charge in [-0.15, -0.1) is 10.2 Å². The molecule has 1 fully saturated rings. The number of aromatic nitrogens is 2. The molecule has 0 amide bonds. The van der Waals surface area contributed by atoms with E-state index in [2.05, 4.69) is 28.9 Å². The molecule has 5 heteroatoms. The van der Waals surface area contributed by atoms with Crippen LogP contribution in [0.2, 0.25) is 0 Å². The topological polar surface area (TPSA) is 64.3 Å². The molecule has 2 rings (SSSR count). The molecule has 2 heterocycles. The van der Waals surface area contributed by atoms with Crippen LogP contribution in [0.25, 0.3) is 0 Å². The summed E-state index contributed by atoms with van der Waals surface area (Å²) in [5.41, 5.74) is 5.53. The number of anilines is 2. The number of hydrogen-bond donors (Lipinski definition) is 1. The van der Waals surface area contributed by atoms with Crippen molar-refractivity contribution in [2.24, 2.45) is 0 Å². The van der Waals surface area contributed by atoms with E-state index < -0.39 is 0 Å². The Bertz CT molecular complexity index is 340. The van der Waals surface area contributed by atoms with Crippen molar-refractivity contribution in [1.29, 1.82) is 0 Å². The van der Waals surface area contributed by atoms with Gasteiger partial charge in [0, 0.05) is 6.54 Å². The van der Waals surface area contributed by atoms with E-state index >= 15 is 0 Å². The van der Waals surface area contributed by atoms with Gasteiger partial charge in [-0.2, -0.15) is 0 Å². The molecule has 0 spiro atoms. The second-order valence-corrected chi connectivity index (χ2v) is 4.17. The van der Waals surface area contributed by atoms with Gasteiger partial charge in [0.05, 0.1) is 18.8 Å². The number of nitrogen functional groups attached to an aromatic ring is 1. The first-order chi connectivity index (χ1) is 7.70. The minimum Gasteiger partial charge on any atom is -0.382 e. The summed E-state index contributed by atoms with van der Waals surface area (Å²) in [6.07, 6.45) is 1.28. The maximum atomic E-state index is 5.64. The van der Waals surface area contributed by atoms with Gasteiger partial charge in [-0.1, -0.05) is 6.92 Å². The Morgan fingerprint density at radius 3 is 2.94 bits per heavy atom. The average molecular weight is 222 g/mol. The minimum absolute atomic E-state index is 0.238. The molecule has 5 nitrogen and oxygen atoms in total. The molecule has 0 aliphatic carbocycles. The van der Waals surface area contributed by atoms with Crippen molar-refractivity contribution < 1.29 is 4.74 Å². The largest absolute Gasteiger partial charge is 0.382 e. The molecule has 1 aliphatic heterocycles. The van der Waals surface area contributed by atoms with E-state index in [0.717, 1.165) is 25.4 Å². The maximum Gasteiger partial charge on any atom is 0.151 e. The van der Waals surface area contributed by atoms with Crippen LogP contribution >= 0.6 is 0 Å². The summed E-state index contributed by atoms with van der Waals surface area (Å²) in [5.74, 6) is 1.34. The molecule has 2 atom stereocenters. The van der Waals surface area contributed by atoms with Crippen molar-refractivity contribution in [3.05, 3.63) is 12.1 Å².